The Morgan fingerprint density at radius 2 is 1.92 bits per heavy atom. The minimum Gasteiger partial charge on any atom is -0.497 e. The van der Waals surface area contributed by atoms with E-state index in [2.05, 4.69) is 10.5 Å². The Kier molecular flexibility index (Phi) is 6.83. The van der Waals surface area contributed by atoms with Crippen molar-refractivity contribution >= 4 is 23.2 Å². The van der Waals surface area contributed by atoms with E-state index in [1.807, 2.05) is 38.1 Å². The summed E-state index contributed by atoms with van der Waals surface area (Å²) in [4.78, 5) is 12.0. The van der Waals surface area contributed by atoms with E-state index in [0.29, 0.717) is 17.2 Å². The van der Waals surface area contributed by atoms with E-state index in [4.69, 9.17) is 21.1 Å². The summed E-state index contributed by atoms with van der Waals surface area (Å²) in [7, 11) is 1.62. The summed E-state index contributed by atoms with van der Waals surface area (Å²) in [5.41, 5.74) is 5.11. The van der Waals surface area contributed by atoms with Gasteiger partial charge >= 0.3 is 0 Å². The number of halogens is 1. The quantitative estimate of drug-likeness (QED) is 0.600. The number of nitrogens with one attached hydrogen (secondary N) is 1. The highest BCUT2D eigenvalue weighted by Crippen LogP contribution is 2.21. The second-order valence-corrected chi connectivity index (χ2v) is 5.81. The molecule has 0 saturated heterocycles. The van der Waals surface area contributed by atoms with Crippen molar-refractivity contribution in [3.8, 4) is 11.5 Å². The van der Waals surface area contributed by atoms with Crippen molar-refractivity contribution in [1.29, 1.82) is 0 Å². The number of carbonyl (C=O) groups excluding carboxylic acids is 1. The second-order valence-electron chi connectivity index (χ2n) is 5.37. The van der Waals surface area contributed by atoms with Gasteiger partial charge in [0.2, 0.25) is 0 Å². The molecule has 0 heterocycles. The molecule has 0 aliphatic heterocycles. The van der Waals surface area contributed by atoms with Crippen molar-refractivity contribution in [3.05, 3.63) is 58.6 Å². The van der Waals surface area contributed by atoms with E-state index in [-0.39, 0.29) is 12.5 Å². The lowest BCUT2D eigenvalue weighted by Crippen LogP contribution is -2.26. The van der Waals surface area contributed by atoms with Gasteiger partial charge in [-0.2, -0.15) is 5.10 Å². The number of ether oxygens (including phenoxy) is 2. The number of amides is 1. The highest BCUT2D eigenvalue weighted by molar-refractivity contribution is 6.30. The van der Waals surface area contributed by atoms with Gasteiger partial charge in [-0.1, -0.05) is 18.5 Å². The summed E-state index contributed by atoms with van der Waals surface area (Å²) in [5.74, 6) is 1.07. The average molecular weight is 361 g/mol. The van der Waals surface area contributed by atoms with Crippen LogP contribution in [0.15, 0.2) is 47.6 Å². The fourth-order valence-corrected chi connectivity index (χ4v) is 2.44. The van der Waals surface area contributed by atoms with Crippen molar-refractivity contribution in [2.24, 2.45) is 5.10 Å². The lowest BCUT2D eigenvalue weighted by atomic mass is 10.1. The molecule has 2 rings (SSSR count). The Hall–Kier alpha value is -2.53. The summed E-state index contributed by atoms with van der Waals surface area (Å²) >= 11 is 5.90. The maximum absolute atomic E-state index is 12.0. The molecular formula is C19H21ClN2O3. The summed E-state index contributed by atoms with van der Waals surface area (Å²) in [5, 5.41) is 4.82. The number of methoxy groups -OCH3 is 1. The zero-order chi connectivity index (χ0) is 18.2. The smallest absolute Gasteiger partial charge is 0.277 e. The van der Waals surface area contributed by atoms with E-state index >= 15 is 0 Å². The number of benzene rings is 2. The van der Waals surface area contributed by atoms with Crippen LogP contribution < -0.4 is 14.9 Å². The lowest BCUT2D eigenvalue weighted by molar-refractivity contribution is -0.123. The third kappa shape index (κ3) is 5.50. The van der Waals surface area contributed by atoms with Gasteiger partial charge in [-0.15, -0.1) is 0 Å². The standard InChI is InChI=1S/C19H21ClN2O3/c1-4-17(14-5-8-16(24-3)9-6-14)21-22-19(23)12-25-18-10-7-15(20)11-13(18)2/h5-11H,4,12H2,1-3H3,(H,22,23)/b21-17-. The number of rotatable bonds is 7. The fraction of sp³-hybridized carbons (Fsp3) is 0.263. The first kappa shape index (κ1) is 18.8. The molecule has 0 spiro atoms. The Morgan fingerprint density at radius 1 is 1.20 bits per heavy atom. The van der Waals surface area contributed by atoms with Gasteiger partial charge < -0.3 is 9.47 Å². The molecule has 0 atom stereocenters. The average Bonchev–Trinajstić information content (AvgIpc) is 2.62. The van der Waals surface area contributed by atoms with Crippen LogP contribution >= 0.6 is 11.6 Å². The molecule has 0 aromatic heterocycles. The number of aryl methyl sites for hydroxylation is 1. The predicted molar refractivity (Wildman–Crippen MR) is 99.6 cm³/mol. The largest absolute Gasteiger partial charge is 0.497 e. The Balaban J connectivity index is 1.94. The zero-order valence-corrected chi connectivity index (χ0v) is 15.3. The van der Waals surface area contributed by atoms with Crippen molar-refractivity contribution in [3.63, 3.8) is 0 Å². The van der Waals surface area contributed by atoms with Crippen LogP contribution in [0, 0.1) is 6.92 Å². The van der Waals surface area contributed by atoms with Gasteiger partial charge in [-0.3, -0.25) is 4.79 Å². The van der Waals surface area contributed by atoms with E-state index in [0.717, 1.165) is 22.6 Å². The third-order valence-electron chi connectivity index (χ3n) is 3.57. The molecule has 2 aromatic carbocycles. The lowest BCUT2D eigenvalue weighted by Gasteiger charge is -2.09. The van der Waals surface area contributed by atoms with Crippen LogP contribution in [0.25, 0.3) is 0 Å². The summed E-state index contributed by atoms with van der Waals surface area (Å²) in [6.07, 6.45) is 0.684. The summed E-state index contributed by atoms with van der Waals surface area (Å²) in [6.45, 7) is 3.73. The van der Waals surface area contributed by atoms with Crippen LogP contribution in [0.3, 0.4) is 0 Å². The third-order valence-corrected chi connectivity index (χ3v) is 3.80. The Labute approximate surface area is 152 Å². The predicted octanol–water partition coefficient (Wildman–Crippen LogP) is 3.97. The molecule has 0 bridgehead atoms. The number of hydrogen-bond acceptors (Lipinski definition) is 4. The highest BCUT2D eigenvalue weighted by Gasteiger charge is 2.07. The molecule has 25 heavy (non-hydrogen) atoms. The number of nitrogens with zero attached hydrogens (tertiary/aromatic N) is 1. The minimum atomic E-state index is -0.325. The second kappa shape index (κ2) is 9.08. The van der Waals surface area contributed by atoms with Gasteiger partial charge in [0.15, 0.2) is 6.61 Å². The van der Waals surface area contributed by atoms with Gasteiger partial charge in [0.25, 0.3) is 5.91 Å². The number of hydrogen-bond donors (Lipinski definition) is 1. The van der Waals surface area contributed by atoms with Crippen molar-refractivity contribution < 1.29 is 14.3 Å². The molecule has 1 N–H and O–H groups in total. The molecule has 0 aliphatic rings. The molecule has 0 radical (unpaired) electrons. The topological polar surface area (TPSA) is 59.9 Å². The number of carbonyl (C=O) groups is 1. The van der Waals surface area contributed by atoms with Gasteiger partial charge in [-0.25, -0.2) is 5.43 Å². The molecule has 0 unspecified atom stereocenters. The first-order chi connectivity index (χ1) is 12.0. The van der Waals surface area contributed by atoms with Crippen LogP contribution in [0.2, 0.25) is 5.02 Å². The van der Waals surface area contributed by atoms with E-state index in [1.54, 1.807) is 25.3 Å². The van der Waals surface area contributed by atoms with Gasteiger partial charge in [0, 0.05) is 5.02 Å². The molecule has 132 valence electrons. The van der Waals surface area contributed by atoms with Crippen molar-refractivity contribution in [2.75, 3.05) is 13.7 Å². The zero-order valence-electron chi connectivity index (χ0n) is 14.5. The molecule has 1 amide bonds. The summed E-state index contributed by atoms with van der Waals surface area (Å²) in [6, 6.07) is 12.8. The van der Waals surface area contributed by atoms with Gasteiger partial charge in [-0.05, 0) is 66.9 Å². The summed E-state index contributed by atoms with van der Waals surface area (Å²) < 4.78 is 10.6. The molecule has 0 saturated carbocycles. The maximum atomic E-state index is 12.0. The van der Waals surface area contributed by atoms with Crippen LogP contribution in [0.4, 0.5) is 0 Å². The van der Waals surface area contributed by atoms with Crippen LogP contribution in [-0.4, -0.2) is 25.3 Å². The first-order valence-electron chi connectivity index (χ1n) is 7.92. The van der Waals surface area contributed by atoms with Crippen LogP contribution in [0.1, 0.15) is 24.5 Å². The SMILES string of the molecule is CC/C(=N/NC(=O)COc1ccc(Cl)cc1C)c1ccc(OC)cc1. The number of hydrazone groups is 1. The molecular weight excluding hydrogens is 340 g/mol. The fourth-order valence-electron chi connectivity index (χ4n) is 2.21. The van der Waals surface area contributed by atoms with Crippen molar-refractivity contribution in [2.45, 2.75) is 20.3 Å². The Bertz CT molecular complexity index is 758. The minimum absolute atomic E-state index is 0.119. The van der Waals surface area contributed by atoms with Gasteiger partial charge in [0.1, 0.15) is 11.5 Å². The van der Waals surface area contributed by atoms with E-state index in [1.165, 1.54) is 0 Å². The van der Waals surface area contributed by atoms with Gasteiger partial charge in [0.05, 0.1) is 12.8 Å². The Morgan fingerprint density at radius 3 is 2.52 bits per heavy atom. The molecule has 6 heteroatoms. The molecule has 0 aliphatic carbocycles. The molecule has 2 aromatic rings. The van der Waals surface area contributed by atoms with E-state index < -0.39 is 0 Å². The van der Waals surface area contributed by atoms with Crippen LogP contribution in [-0.2, 0) is 4.79 Å². The molecule has 0 fully saturated rings. The maximum Gasteiger partial charge on any atom is 0.277 e. The monoisotopic (exact) mass is 360 g/mol. The van der Waals surface area contributed by atoms with Crippen LogP contribution in [0.5, 0.6) is 11.5 Å². The highest BCUT2D eigenvalue weighted by atomic mass is 35.5. The van der Waals surface area contributed by atoms with Crippen molar-refractivity contribution in [1.82, 2.24) is 5.43 Å². The normalized spacial score (nSPS) is 11.1. The molecule has 5 nitrogen and oxygen atoms in total. The first-order valence-corrected chi connectivity index (χ1v) is 8.30. The van der Waals surface area contributed by atoms with E-state index in [9.17, 15) is 4.79 Å².